The molecule has 0 unspecified atom stereocenters. The van der Waals surface area contributed by atoms with Crippen LogP contribution in [0.4, 0.5) is 0 Å². The first-order chi connectivity index (χ1) is 5.86. The fourth-order valence-corrected chi connectivity index (χ4v) is 1.25. The summed E-state index contributed by atoms with van der Waals surface area (Å²) in [5.74, 6) is 0. The highest BCUT2D eigenvalue weighted by atomic mass is 16.6. The van der Waals surface area contributed by atoms with E-state index in [9.17, 15) is 0 Å². The van der Waals surface area contributed by atoms with Crippen LogP contribution in [0.25, 0.3) is 6.08 Å². The Labute approximate surface area is 70.7 Å². The van der Waals surface area contributed by atoms with Gasteiger partial charge in [-0.15, -0.1) is 0 Å². The lowest BCUT2D eigenvalue weighted by molar-refractivity contribution is 0.303. The van der Waals surface area contributed by atoms with Gasteiger partial charge in [-0.05, 0) is 19.4 Å². The van der Waals surface area contributed by atoms with Gasteiger partial charge < -0.3 is 0 Å². The Bertz CT molecular complexity index is 336. The predicted molar refractivity (Wildman–Crippen MR) is 45.4 cm³/mol. The molecule has 0 spiro atoms. The van der Waals surface area contributed by atoms with Crippen LogP contribution in [0.5, 0.6) is 0 Å². The van der Waals surface area contributed by atoms with E-state index in [4.69, 9.17) is 0 Å². The highest BCUT2D eigenvalue weighted by Gasteiger charge is 2.08. The number of hydrogen-bond donors (Lipinski definition) is 0. The van der Waals surface area contributed by atoms with Gasteiger partial charge in [-0.25, -0.2) is 4.63 Å². The zero-order chi connectivity index (χ0) is 8.39. The van der Waals surface area contributed by atoms with Crippen LogP contribution >= 0.6 is 0 Å². The molecule has 0 N–H and O–H groups in total. The van der Waals surface area contributed by atoms with Gasteiger partial charge in [0.05, 0.1) is 0 Å². The Morgan fingerprint density at radius 2 is 2.33 bits per heavy atom. The van der Waals surface area contributed by atoms with Crippen molar-refractivity contribution in [3.05, 3.63) is 29.1 Å². The molecule has 0 saturated heterocycles. The maximum atomic E-state index is 4.65. The van der Waals surface area contributed by atoms with Gasteiger partial charge in [-0.1, -0.05) is 28.0 Å². The molecule has 2 rings (SSSR count). The smallest absolute Gasteiger partial charge is 0.131 e. The molecule has 0 bridgehead atoms. The molecular formula is C9H10N2O. The van der Waals surface area contributed by atoms with Crippen molar-refractivity contribution in [2.45, 2.75) is 19.8 Å². The Kier molecular flexibility index (Phi) is 1.78. The van der Waals surface area contributed by atoms with Crippen LogP contribution in [0.1, 0.15) is 24.7 Å². The quantitative estimate of drug-likeness (QED) is 0.547. The van der Waals surface area contributed by atoms with E-state index in [1.807, 2.05) is 6.08 Å². The first-order valence-electron chi connectivity index (χ1n) is 4.00. The standard InChI is InChI=1S/C9H10N2O/c1-7-4-2-3-5-8-9(6-7)11-12-10-8/h3-5H,2,6H2,1H3. The number of aromatic nitrogens is 2. The van der Waals surface area contributed by atoms with Crippen molar-refractivity contribution in [1.29, 1.82) is 0 Å². The predicted octanol–water partition coefficient (Wildman–Crippen LogP) is 1.98. The molecular weight excluding hydrogens is 152 g/mol. The van der Waals surface area contributed by atoms with E-state index in [0.717, 1.165) is 24.2 Å². The summed E-state index contributed by atoms with van der Waals surface area (Å²) in [6.07, 6.45) is 8.02. The average Bonchev–Trinajstić information content (AvgIpc) is 2.42. The Balaban J connectivity index is 2.40. The van der Waals surface area contributed by atoms with E-state index in [-0.39, 0.29) is 0 Å². The number of hydrogen-bond acceptors (Lipinski definition) is 3. The van der Waals surface area contributed by atoms with Crippen molar-refractivity contribution in [2.24, 2.45) is 0 Å². The molecule has 62 valence electrons. The Morgan fingerprint density at radius 3 is 3.25 bits per heavy atom. The highest BCUT2D eigenvalue weighted by Crippen LogP contribution is 2.14. The summed E-state index contributed by atoms with van der Waals surface area (Å²) in [5, 5.41) is 7.62. The summed E-state index contributed by atoms with van der Waals surface area (Å²) < 4.78 is 4.65. The maximum absolute atomic E-state index is 4.65. The van der Waals surface area contributed by atoms with E-state index >= 15 is 0 Å². The van der Waals surface area contributed by atoms with Crippen molar-refractivity contribution < 1.29 is 4.63 Å². The van der Waals surface area contributed by atoms with Gasteiger partial charge in [0.15, 0.2) is 0 Å². The molecule has 0 fully saturated rings. The van der Waals surface area contributed by atoms with E-state index in [1.165, 1.54) is 5.57 Å². The Morgan fingerprint density at radius 1 is 1.42 bits per heavy atom. The topological polar surface area (TPSA) is 38.9 Å². The molecule has 12 heavy (non-hydrogen) atoms. The summed E-state index contributed by atoms with van der Waals surface area (Å²) >= 11 is 0. The van der Waals surface area contributed by atoms with Crippen LogP contribution < -0.4 is 0 Å². The summed E-state index contributed by atoms with van der Waals surface area (Å²) in [7, 11) is 0. The molecule has 0 radical (unpaired) electrons. The fraction of sp³-hybridized carbons (Fsp3) is 0.333. The minimum atomic E-state index is 0.850. The molecule has 0 aliphatic heterocycles. The second kappa shape index (κ2) is 2.93. The van der Waals surface area contributed by atoms with Gasteiger partial charge in [0.1, 0.15) is 11.4 Å². The molecule has 0 saturated carbocycles. The molecule has 1 aromatic rings. The van der Waals surface area contributed by atoms with Crippen LogP contribution in [0.2, 0.25) is 0 Å². The van der Waals surface area contributed by atoms with Crippen molar-refractivity contribution in [1.82, 2.24) is 10.3 Å². The number of nitrogens with zero attached hydrogens (tertiary/aromatic N) is 2. The summed E-state index contributed by atoms with van der Waals surface area (Å²) in [6, 6.07) is 0. The first-order valence-corrected chi connectivity index (χ1v) is 4.00. The van der Waals surface area contributed by atoms with Crippen molar-refractivity contribution in [3.63, 3.8) is 0 Å². The third-order valence-electron chi connectivity index (χ3n) is 1.91. The number of fused-ring (bicyclic) bond motifs is 1. The van der Waals surface area contributed by atoms with Crippen LogP contribution in [-0.4, -0.2) is 10.3 Å². The lowest BCUT2D eigenvalue weighted by Crippen LogP contribution is -1.92. The van der Waals surface area contributed by atoms with Crippen LogP contribution in [0, 0.1) is 0 Å². The van der Waals surface area contributed by atoms with Crippen molar-refractivity contribution in [2.75, 3.05) is 0 Å². The number of rotatable bonds is 0. The normalized spacial score (nSPS) is 16.2. The molecule has 1 aliphatic rings. The largest absolute Gasteiger partial charge is 0.244 e. The molecule has 1 aromatic heterocycles. The minimum absolute atomic E-state index is 0.850. The van der Waals surface area contributed by atoms with Crippen molar-refractivity contribution >= 4 is 6.08 Å². The third kappa shape index (κ3) is 1.30. The van der Waals surface area contributed by atoms with Crippen LogP contribution in [-0.2, 0) is 6.42 Å². The molecule has 1 aliphatic carbocycles. The monoisotopic (exact) mass is 162 g/mol. The molecule has 1 heterocycles. The maximum Gasteiger partial charge on any atom is 0.131 e. The second-order valence-electron chi connectivity index (χ2n) is 2.96. The van der Waals surface area contributed by atoms with Gasteiger partial charge in [0, 0.05) is 6.42 Å². The fourth-order valence-electron chi connectivity index (χ4n) is 1.25. The minimum Gasteiger partial charge on any atom is -0.244 e. The van der Waals surface area contributed by atoms with Gasteiger partial charge in [-0.2, -0.15) is 0 Å². The van der Waals surface area contributed by atoms with Crippen molar-refractivity contribution in [3.8, 4) is 0 Å². The lowest BCUT2D eigenvalue weighted by atomic mass is 10.1. The molecule has 3 heteroatoms. The molecule has 0 atom stereocenters. The summed E-state index contributed by atoms with van der Waals surface area (Å²) in [4.78, 5) is 0. The molecule has 0 amide bonds. The first kappa shape index (κ1) is 7.28. The number of allylic oxidation sites excluding steroid dienone is 3. The van der Waals surface area contributed by atoms with Gasteiger partial charge in [0.2, 0.25) is 0 Å². The van der Waals surface area contributed by atoms with E-state index in [0.29, 0.717) is 0 Å². The molecule has 0 aromatic carbocycles. The van der Waals surface area contributed by atoms with Gasteiger partial charge in [0.25, 0.3) is 0 Å². The van der Waals surface area contributed by atoms with E-state index in [1.54, 1.807) is 0 Å². The van der Waals surface area contributed by atoms with Gasteiger partial charge in [-0.3, -0.25) is 0 Å². The average molecular weight is 162 g/mol. The summed E-state index contributed by atoms with van der Waals surface area (Å²) in [5.41, 5.74) is 3.11. The zero-order valence-corrected chi connectivity index (χ0v) is 6.95. The Hall–Kier alpha value is -1.38. The SMILES string of the molecule is CC1=CCC=Cc2nonc2C1. The zero-order valence-electron chi connectivity index (χ0n) is 6.95. The summed E-state index contributed by atoms with van der Waals surface area (Å²) in [6.45, 7) is 2.09. The van der Waals surface area contributed by atoms with Crippen LogP contribution in [0.15, 0.2) is 22.4 Å². The highest BCUT2D eigenvalue weighted by molar-refractivity contribution is 5.48. The lowest BCUT2D eigenvalue weighted by Gasteiger charge is -1.99. The van der Waals surface area contributed by atoms with Gasteiger partial charge >= 0.3 is 0 Å². The van der Waals surface area contributed by atoms with E-state index in [2.05, 4.69) is 34.0 Å². The van der Waals surface area contributed by atoms with Crippen LogP contribution in [0.3, 0.4) is 0 Å². The second-order valence-corrected chi connectivity index (χ2v) is 2.96. The van der Waals surface area contributed by atoms with E-state index < -0.39 is 0 Å². The molecule has 3 nitrogen and oxygen atoms in total. The third-order valence-corrected chi connectivity index (χ3v) is 1.91.